The standard InChI is InChI=1S/C10H18N3P/c1-9(2,3)7-8(10(4,5)6)14(7)13-12-11/h1-6H3. The summed E-state index contributed by atoms with van der Waals surface area (Å²) < 4.78 is 0. The van der Waals surface area contributed by atoms with Crippen molar-refractivity contribution in [3.05, 3.63) is 21.1 Å². The fraction of sp³-hybridized carbons (Fsp3) is 0.800. The molecule has 1 rings (SSSR count). The van der Waals surface area contributed by atoms with E-state index in [1.54, 1.807) is 0 Å². The van der Waals surface area contributed by atoms with Gasteiger partial charge in [0, 0.05) is 13.0 Å². The highest BCUT2D eigenvalue weighted by Crippen LogP contribution is 2.80. The van der Waals surface area contributed by atoms with E-state index < -0.39 is 8.07 Å². The smallest absolute Gasteiger partial charge is 0.0419 e. The molecule has 0 N–H and O–H groups in total. The van der Waals surface area contributed by atoms with Crippen molar-refractivity contribution in [2.24, 2.45) is 15.7 Å². The van der Waals surface area contributed by atoms with Gasteiger partial charge < -0.3 is 0 Å². The zero-order chi connectivity index (χ0) is 11.1. The zero-order valence-electron chi connectivity index (χ0n) is 9.79. The van der Waals surface area contributed by atoms with E-state index in [0.717, 1.165) is 0 Å². The first-order valence-corrected chi connectivity index (χ1v) is 6.09. The van der Waals surface area contributed by atoms with E-state index in [4.69, 9.17) is 5.53 Å². The lowest BCUT2D eigenvalue weighted by Gasteiger charge is -2.15. The molecule has 1 heterocycles. The van der Waals surface area contributed by atoms with Gasteiger partial charge in [-0.2, -0.15) is 0 Å². The number of rotatable bonds is 1. The van der Waals surface area contributed by atoms with Gasteiger partial charge in [0.1, 0.15) is 0 Å². The van der Waals surface area contributed by atoms with Crippen LogP contribution >= 0.6 is 8.07 Å². The highest BCUT2D eigenvalue weighted by molar-refractivity contribution is 7.72. The van der Waals surface area contributed by atoms with Gasteiger partial charge in [0.2, 0.25) is 0 Å². The molecule has 1 aliphatic rings. The molecule has 1 aliphatic heterocycles. The summed E-state index contributed by atoms with van der Waals surface area (Å²) in [4.78, 5) is 6.84. The lowest BCUT2D eigenvalue weighted by atomic mass is 9.89. The molecule has 4 heteroatoms. The van der Waals surface area contributed by atoms with E-state index >= 15 is 0 Å². The van der Waals surface area contributed by atoms with Crippen molar-refractivity contribution in [3.8, 4) is 0 Å². The molecule has 0 aliphatic carbocycles. The average Bonchev–Trinajstić information content (AvgIpc) is 2.59. The maximum absolute atomic E-state index is 8.49. The number of hydrogen-bond acceptors (Lipinski definition) is 1. The number of hydrogen-bond donors (Lipinski definition) is 0. The van der Waals surface area contributed by atoms with Crippen LogP contribution in [-0.4, -0.2) is 0 Å². The monoisotopic (exact) mass is 211 g/mol. The molecule has 0 saturated carbocycles. The molecule has 3 nitrogen and oxygen atoms in total. The first-order valence-electron chi connectivity index (χ1n) is 4.80. The van der Waals surface area contributed by atoms with Gasteiger partial charge in [-0.15, -0.1) is 0 Å². The molecular formula is C10H18N3P. The molecule has 0 unspecified atom stereocenters. The Balaban J connectivity index is 3.01. The molecular weight excluding hydrogens is 193 g/mol. The Kier molecular flexibility index (Phi) is 2.69. The lowest BCUT2D eigenvalue weighted by molar-refractivity contribution is 0.502. The van der Waals surface area contributed by atoms with Gasteiger partial charge in [0.25, 0.3) is 0 Å². The summed E-state index contributed by atoms with van der Waals surface area (Å²) in [5.41, 5.74) is 8.80. The molecule has 0 radical (unpaired) electrons. The van der Waals surface area contributed by atoms with Gasteiger partial charge in [-0.3, -0.25) is 0 Å². The van der Waals surface area contributed by atoms with Crippen LogP contribution in [0.4, 0.5) is 0 Å². The summed E-state index contributed by atoms with van der Waals surface area (Å²) in [6, 6.07) is 0. The van der Waals surface area contributed by atoms with Crippen LogP contribution in [0.3, 0.4) is 0 Å². The van der Waals surface area contributed by atoms with E-state index in [1.807, 2.05) is 0 Å². The Morgan fingerprint density at radius 3 is 1.57 bits per heavy atom. The first kappa shape index (κ1) is 11.6. The largest absolute Gasteiger partial charge is 0.0635 e. The van der Waals surface area contributed by atoms with Gasteiger partial charge in [-0.1, -0.05) is 46.4 Å². The van der Waals surface area contributed by atoms with Crippen LogP contribution in [-0.2, 0) is 0 Å². The molecule has 0 aromatic carbocycles. The highest BCUT2D eigenvalue weighted by atomic mass is 31.1. The fourth-order valence-corrected chi connectivity index (χ4v) is 4.28. The van der Waals surface area contributed by atoms with Crippen LogP contribution in [0.2, 0.25) is 0 Å². The van der Waals surface area contributed by atoms with Crippen molar-refractivity contribution in [2.45, 2.75) is 41.5 Å². The number of nitrogens with zero attached hydrogens (tertiary/aromatic N) is 3. The Labute approximate surface area is 87.0 Å². The third kappa shape index (κ3) is 2.10. The molecule has 0 aromatic rings. The predicted octanol–water partition coefficient (Wildman–Crippen LogP) is 5.01. The lowest BCUT2D eigenvalue weighted by Crippen LogP contribution is -2.04. The SMILES string of the molecule is CC(C)(C)C1=C(C(C)(C)C)P1N=[N+]=[N-]. The van der Waals surface area contributed by atoms with Crippen LogP contribution in [0.5, 0.6) is 0 Å². The summed E-state index contributed by atoms with van der Waals surface area (Å²) in [6.07, 6.45) is 0. The van der Waals surface area contributed by atoms with E-state index in [9.17, 15) is 0 Å². The highest BCUT2D eigenvalue weighted by Gasteiger charge is 2.47. The van der Waals surface area contributed by atoms with E-state index in [2.05, 4.69) is 51.3 Å². The molecule has 0 saturated heterocycles. The first-order chi connectivity index (χ1) is 6.19. The summed E-state index contributed by atoms with van der Waals surface area (Å²) in [5.74, 6) is 0. The van der Waals surface area contributed by atoms with Crippen LogP contribution in [0.25, 0.3) is 10.4 Å². The maximum atomic E-state index is 8.49. The Morgan fingerprint density at radius 2 is 1.36 bits per heavy atom. The molecule has 0 atom stereocenters. The van der Waals surface area contributed by atoms with Crippen molar-refractivity contribution in [2.75, 3.05) is 0 Å². The minimum atomic E-state index is -0.612. The maximum Gasteiger partial charge on any atom is 0.0419 e. The van der Waals surface area contributed by atoms with Crippen LogP contribution in [0.1, 0.15) is 41.5 Å². The van der Waals surface area contributed by atoms with Gasteiger partial charge in [-0.05, 0) is 27.0 Å². The Bertz CT molecular complexity index is 300. The van der Waals surface area contributed by atoms with E-state index in [-0.39, 0.29) is 10.8 Å². The van der Waals surface area contributed by atoms with Crippen molar-refractivity contribution < 1.29 is 0 Å². The predicted molar refractivity (Wildman–Crippen MR) is 62.0 cm³/mol. The molecule has 0 fully saturated rings. The van der Waals surface area contributed by atoms with Crippen molar-refractivity contribution in [3.63, 3.8) is 0 Å². The summed E-state index contributed by atoms with van der Waals surface area (Å²) in [6.45, 7) is 13.1. The molecule has 0 spiro atoms. The van der Waals surface area contributed by atoms with Crippen molar-refractivity contribution >= 4 is 8.07 Å². The summed E-state index contributed by atoms with van der Waals surface area (Å²) >= 11 is 0. The van der Waals surface area contributed by atoms with Gasteiger partial charge in [0.15, 0.2) is 0 Å². The quantitative estimate of drug-likeness (QED) is 0.253. The summed E-state index contributed by atoms with van der Waals surface area (Å²) in [5, 5.41) is 2.77. The molecule has 78 valence electrons. The number of allylic oxidation sites excluding steroid dienone is 2. The molecule has 0 amide bonds. The van der Waals surface area contributed by atoms with Gasteiger partial charge >= 0.3 is 0 Å². The van der Waals surface area contributed by atoms with Crippen LogP contribution in [0.15, 0.2) is 15.5 Å². The Hall–Kier alpha value is -0.520. The second kappa shape index (κ2) is 3.25. The Morgan fingerprint density at radius 1 is 1.00 bits per heavy atom. The van der Waals surface area contributed by atoms with Crippen LogP contribution in [0, 0.1) is 10.8 Å². The van der Waals surface area contributed by atoms with E-state index in [1.165, 1.54) is 10.6 Å². The normalized spacial score (nSPS) is 18.1. The third-order valence-corrected chi connectivity index (χ3v) is 4.82. The molecule has 0 aromatic heterocycles. The topological polar surface area (TPSA) is 48.8 Å². The van der Waals surface area contributed by atoms with E-state index in [0.29, 0.717) is 0 Å². The fourth-order valence-electron chi connectivity index (χ4n) is 1.63. The number of azide groups is 1. The average molecular weight is 211 g/mol. The second-order valence-corrected chi connectivity index (χ2v) is 7.38. The van der Waals surface area contributed by atoms with Gasteiger partial charge in [0.05, 0.1) is 0 Å². The van der Waals surface area contributed by atoms with Crippen LogP contribution < -0.4 is 0 Å². The molecule has 14 heavy (non-hydrogen) atoms. The van der Waals surface area contributed by atoms with Gasteiger partial charge in [-0.25, -0.2) is 0 Å². The third-order valence-electron chi connectivity index (χ3n) is 2.15. The molecule has 0 bridgehead atoms. The zero-order valence-corrected chi connectivity index (χ0v) is 10.7. The second-order valence-electron chi connectivity index (χ2n) is 5.69. The van der Waals surface area contributed by atoms with Crippen molar-refractivity contribution in [1.82, 2.24) is 0 Å². The van der Waals surface area contributed by atoms with Crippen molar-refractivity contribution in [1.29, 1.82) is 0 Å². The minimum Gasteiger partial charge on any atom is -0.0635 e. The summed E-state index contributed by atoms with van der Waals surface area (Å²) in [7, 11) is -0.612. The minimum absolute atomic E-state index is 0.155.